The largest absolute Gasteiger partial charge is 0.376 e. The van der Waals surface area contributed by atoms with Crippen molar-refractivity contribution in [1.29, 1.82) is 0 Å². The summed E-state index contributed by atoms with van der Waals surface area (Å²) >= 11 is 0. The number of hydrogen-bond donors (Lipinski definition) is 1. The zero-order valence-electron chi connectivity index (χ0n) is 10.7. The molecule has 0 aliphatic heterocycles. The maximum Gasteiger partial charge on any atom is 0.0598 e. The summed E-state index contributed by atoms with van der Waals surface area (Å²) in [5.41, 5.74) is 0.00692. The Labute approximate surface area is 89.4 Å². The molecule has 0 heterocycles. The van der Waals surface area contributed by atoms with Crippen molar-refractivity contribution >= 4 is 0 Å². The highest BCUT2D eigenvalue weighted by Crippen LogP contribution is 2.11. The molecular weight excluding hydrogens is 174 g/mol. The fraction of sp³-hybridized carbons (Fsp3) is 1.00. The Morgan fingerprint density at radius 3 is 2.14 bits per heavy atom. The van der Waals surface area contributed by atoms with Crippen molar-refractivity contribution in [3.05, 3.63) is 0 Å². The van der Waals surface area contributed by atoms with Crippen LogP contribution in [-0.2, 0) is 4.74 Å². The molecule has 0 aromatic carbocycles. The van der Waals surface area contributed by atoms with Gasteiger partial charge in [0.1, 0.15) is 0 Å². The molecule has 2 nitrogen and oxygen atoms in total. The van der Waals surface area contributed by atoms with Crippen LogP contribution in [0.2, 0.25) is 0 Å². The summed E-state index contributed by atoms with van der Waals surface area (Å²) in [6, 6.07) is 0.624. The second-order valence-corrected chi connectivity index (χ2v) is 5.24. The van der Waals surface area contributed by atoms with Crippen molar-refractivity contribution < 1.29 is 4.74 Å². The van der Waals surface area contributed by atoms with E-state index in [9.17, 15) is 0 Å². The Kier molecular flexibility index (Phi) is 6.38. The average Bonchev–Trinajstić information content (AvgIpc) is 2.01. The number of hydrogen-bond acceptors (Lipinski definition) is 2. The van der Waals surface area contributed by atoms with Crippen LogP contribution in [0.5, 0.6) is 0 Å². The van der Waals surface area contributed by atoms with Gasteiger partial charge in [-0.25, -0.2) is 0 Å². The van der Waals surface area contributed by atoms with Crippen molar-refractivity contribution in [2.75, 3.05) is 13.7 Å². The lowest BCUT2D eigenvalue weighted by Crippen LogP contribution is -2.31. The highest BCUT2D eigenvalue weighted by Gasteiger charge is 2.12. The minimum absolute atomic E-state index is 0.00692. The topological polar surface area (TPSA) is 21.3 Å². The third kappa shape index (κ3) is 7.34. The molecule has 0 amide bonds. The number of rotatable bonds is 6. The molecule has 1 N–H and O–H groups in total. The van der Waals surface area contributed by atoms with Crippen LogP contribution in [0.25, 0.3) is 0 Å². The summed E-state index contributed by atoms with van der Waals surface area (Å²) in [7, 11) is 2.04. The van der Waals surface area contributed by atoms with Crippen LogP contribution in [0.3, 0.4) is 0 Å². The Balaban J connectivity index is 3.52. The summed E-state index contributed by atoms with van der Waals surface area (Å²) < 4.78 is 5.68. The van der Waals surface area contributed by atoms with E-state index in [2.05, 4.69) is 39.9 Å². The molecule has 14 heavy (non-hydrogen) atoms. The minimum Gasteiger partial charge on any atom is -0.376 e. The quantitative estimate of drug-likeness (QED) is 0.667. The van der Waals surface area contributed by atoms with E-state index >= 15 is 0 Å². The summed E-state index contributed by atoms with van der Waals surface area (Å²) in [4.78, 5) is 0. The van der Waals surface area contributed by atoms with E-state index in [1.54, 1.807) is 0 Å². The van der Waals surface area contributed by atoms with E-state index in [1.807, 2.05) is 7.05 Å². The lowest BCUT2D eigenvalue weighted by atomic mass is 10.00. The molecule has 1 unspecified atom stereocenters. The van der Waals surface area contributed by atoms with E-state index in [0.29, 0.717) is 12.0 Å². The minimum atomic E-state index is 0.00692. The highest BCUT2D eigenvalue weighted by molar-refractivity contribution is 4.68. The highest BCUT2D eigenvalue weighted by atomic mass is 16.5. The first-order valence-electron chi connectivity index (χ1n) is 5.68. The molecule has 0 radical (unpaired) electrons. The summed E-state index contributed by atoms with van der Waals surface area (Å²) in [6.07, 6.45) is 2.34. The van der Waals surface area contributed by atoms with Gasteiger partial charge in [0.15, 0.2) is 0 Å². The monoisotopic (exact) mass is 201 g/mol. The molecule has 0 saturated heterocycles. The predicted octanol–water partition coefficient (Wildman–Crippen LogP) is 2.83. The molecule has 0 aromatic heterocycles. The first kappa shape index (κ1) is 13.9. The number of nitrogens with one attached hydrogen (secondary N) is 1. The predicted molar refractivity (Wildman–Crippen MR) is 62.6 cm³/mol. The van der Waals surface area contributed by atoms with Crippen molar-refractivity contribution in [3.8, 4) is 0 Å². The molecule has 0 fully saturated rings. The smallest absolute Gasteiger partial charge is 0.0598 e. The maximum absolute atomic E-state index is 5.68. The molecule has 0 rings (SSSR count). The van der Waals surface area contributed by atoms with Crippen molar-refractivity contribution in [3.63, 3.8) is 0 Å². The van der Waals surface area contributed by atoms with Gasteiger partial charge >= 0.3 is 0 Å². The zero-order chi connectivity index (χ0) is 11.2. The van der Waals surface area contributed by atoms with Crippen molar-refractivity contribution in [1.82, 2.24) is 5.32 Å². The van der Waals surface area contributed by atoms with E-state index in [4.69, 9.17) is 4.74 Å². The second-order valence-electron chi connectivity index (χ2n) is 5.24. The maximum atomic E-state index is 5.68. The Bertz CT molecular complexity index is 138. The molecule has 2 heteroatoms. The normalized spacial score (nSPS) is 14.8. The van der Waals surface area contributed by atoms with Crippen LogP contribution in [-0.4, -0.2) is 25.3 Å². The lowest BCUT2D eigenvalue weighted by molar-refractivity contribution is -0.00569. The van der Waals surface area contributed by atoms with Gasteiger partial charge < -0.3 is 10.1 Å². The lowest BCUT2D eigenvalue weighted by Gasteiger charge is -2.22. The summed E-state index contributed by atoms with van der Waals surface area (Å²) in [5, 5.41) is 3.34. The molecule has 0 saturated carbocycles. The third-order valence-electron chi connectivity index (χ3n) is 2.37. The van der Waals surface area contributed by atoms with Gasteiger partial charge in [-0.3, -0.25) is 0 Å². The van der Waals surface area contributed by atoms with E-state index in [-0.39, 0.29) is 5.60 Å². The van der Waals surface area contributed by atoms with Crippen LogP contribution in [0.1, 0.15) is 47.5 Å². The molecule has 86 valence electrons. The first-order chi connectivity index (χ1) is 6.37. The SMILES string of the molecule is CNC(CCCOC(C)(C)C)C(C)C. The summed E-state index contributed by atoms with van der Waals surface area (Å²) in [5.74, 6) is 0.703. The van der Waals surface area contributed by atoms with Crippen LogP contribution < -0.4 is 5.32 Å². The van der Waals surface area contributed by atoms with Gasteiger partial charge in [-0.15, -0.1) is 0 Å². The van der Waals surface area contributed by atoms with Crippen LogP contribution in [0.15, 0.2) is 0 Å². The molecular formula is C12H27NO. The van der Waals surface area contributed by atoms with Gasteiger partial charge in [-0.05, 0) is 46.6 Å². The van der Waals surface area contributed by atoms with Crippen molar-refractivity contribution in [2.45, 2.75) is 59.1 Å². The zero-order valence-corrected chi connectivity index (χ0v) is 10.7. The van der Waals surface area contributed by atoms with Gasteiger partial charge in [0.05, 0.1) is 5.60 Å². The Hall–Kier alpha value is -0.0800. The number of ether oxygens (including phenoxy) is 1. The average molecular weight is 201 g/mol. The van der Waals surface area contributed by atoms with Crippen molar-refractivity contribution in [2.24, 2.45) is 5.92 Å². The standard InChI is InChI=1S/C12H27NO/c1-10(2)11(13-6)8-7-9-14-12(3,4)5/h10-11,13H,7-9H2,1-6H3. The van der Waals surface area contributed by atoms with E-state index < -0.39 is 0 Å². The third-order valence-corrected chi connectivity index (χ3v) is 2.37. The van der Waals surface area contributed by atoms with Gasteiger partial charge in [0.2, 0.25) is 0 Å². The Morgan fingerprint density at radius 1 is 1.21 bits per heavy atom. The van der Waals surface area contributed by atoms with Crippen LogP contribution >= 0.6 is 0 Å². The molecule has 0 aliphatic rings. The van der Waals surface area contributed by atoms with E-state index in [0.717, 1.165) is 13.0 Å². The molecule has 0 aliphatic carbocycles. The summed E-state index contributed by atoms with van der Waals surface area (Å²) in [6.45, 7) is 11.7. The molecule has 1 atom stereocenters. The fourth-order valence-electron chi connectivity index (χ4n) is 1.49. The van der Waals surface area contributed by atoms with Gasteiger partial charge in [0, 0.05) is 12.6 Å². The Morgan fingerprint density at radius 2 is 1.79 bits per heavy atom. The first-order valence-corrected chi connectivity index (χ1v) is 5.68. The van der Waals surface area contributed by atoms with Gasteiger partial charge in [-0.1, -0.05) is 13.8 Å². The van der Waals surface area contributed by atoms with Gasteiger partial charge in [0.25, 0.3) is 0 Å². The van der Waals surface area contributed by atoms with E-state index in [1.165, 1.54) is 6.42 Å². The molecule has 0 spiro atoms. The fourth-order valence-corrected chi connectivity index (χ4v) is 1.49. The van der Waals surface area contributed by atoms with Gasteiger partial charge in [-0.2, -0.15) is 0 Å². The second kappa shape index (κ2) is 6.41. The van der Waals surface area contributed by atoms with Crippen LogP contribution in [0, 0.1) is 5.92 Å². The van der Waals surface area contributed by atoms with Crippen LogP contribution in [0.4, 0.5) is 0 Å². The molecule has 0 bridgehead atoms. The molecule has 0 aromatic rings.